The molecule has 0 amide bonds. The van der Waals surface area contributed by atoms with Crippen molar-refractivity contribution in [2.45, 2.75) is 0 Å². The van der Waals surface area contributed by atoms with Gasteiger partial charge < -0.3 is 4.42 Å². The Morgan fingerprint density at radius 3 is 2.78 bits per heavy atom. The van der Waals surface area contributed by atoms with Crippen molar-refractivity contribution in [2.75, 3.05) is 0 Å². The number of halogens is 3. The highest BCUT2D eigenvalue weighted by Crippen LogP contribution is 2.35. The molecule has 7 heteroatoms. The Morgan fingerprint density at radius 2 is 1.96 bits per heavy atom. The van der Waals surface area contributed by atoms with Gasteiger partial charge in [0.2, 0.25) is 0 Å². The number of benzene rings is 2. The van der Waals surface area contributed by atoms with Crippen LogP contribution in [0, 0.1) is 5.82 Å². The van der Waals surface area contributed by atoms with Crippen molar-refractivity contribution in [3.8, 4) is 10.6 Å². The molecule has 0 saturated carbocycles. The topological polar surface area (TPSA) is 43.1 Å². The number of nitrogens with zero attached hydrogens (tertiary/aromatic N) is 1. The molecule has 0 radical (unpaired) electrons. The Kier molecular flexibility index (Phi) is 3.37. The summed E-state index contributed by atoms with van der Waals surface area (Å²) in [6.45, 7) is 0. The Balaban J connectivity index is 2.04. The number of thiazole rings is 1. The zero-order valence-corrected chi connectivity index (χ0v) is 13.6. The van der Waals surface area contributed by atoms with Crippen LogP contribution in [0.25, 0.3) is 31.8 Å². The predicted molar refractivity (Wildman–Crippen MR) is 91.1 cm³/mol. The van der Waals surface area contributed by atoms with E-state index in [9.17, 15) is 9.18 Å². The lowest BCUT2D eigenvalue weighted by Gasteiger charge is -2.02. The molecule has 23 heavy (non-hydrogen) atoms. The van der Waals surface area contributed by atoms with Crippen molar-refractivity contribution < 1.29 is 8.81 Å². The molecule has 0 unspecified atom stereocenters. The molecule has 4 rings (SSSR count). The van der Waals surface area contributed by atoms with E-state index in [2.05, 4.69) is 4.98 Å². The van der Waals surface area contributed by atoms with Gasteiger partial charge in [-0.1, -0.05) is 23.2 Å². The molecule has 0 aliphatic carbocycles. The molecule has 0 saturated heterocycles. The van der Waals surface area contributed by atoms with Crippen molar-refractivity contribution in [3.05, 3.63) is 62.7 Å². The van der Waals surface area contributed by atoms with E-state index in [-0.39, 0.29) is 5.02 Å². The first-order valence-corrected chi connectivity index (χ1v) is 8.08. The van der Waals surface area contributed by atoms with Gasteiger partial charge >= 0.3 is 5.63 Å². The molecule has 0 atom stereocenters. The van der Waals surface area contributed by atoms with E-state index in [1.165, 1.54) is 29.5 Å². The van der Waals surface area contributed by atoms with Gasteiger partial charge in [0.25, 0.3) is 0 Å². The average molecular weight is 366 g/mol. The molecule has 0 aliphatic rings. The lowest BCUT2D eigenvalue weighted by molar-refractivity contribution is 0.561. The van der Waals surface area contributed by atoms with Gasteiger partial charge in [-0.2, -0.15) is 0 Å². The van der Waals surface area contributed by atoms with E-state index in [0.29, 0.717) is 36.8 Å². The quantitative estimate of drug-likeness (QED) is 0.417. The van der Waals surface area contributed by atoms with E-state index in [0.717, 1.165) is 0 Å². The van der Waals surface area contributed by atoms with Crippen LogP contribution in [0.3, 0.4) is 0 Å². The minimum Gasteiger partial charge on any atom is -0.423 e. The Bertz CT molecular complexity index is 1100. The first kappa shape index (κ1) is 14.6. The highest BCUT2D eigenvalue weighted by molar-refractivity contribution is 7.21. The maximum absolute atomic E-state index is 13.6. The second-order valence-electron chi connectivity index (χ2n) is 4.87. The molecule has 0 N–H and O–H groups in total. The average Bonchev–Trinajstić information content (AvgIpc) is 2.89. The van der Waals surface area contributed by atoms with Crippen molar-refractivity contribution in [2.24, 2.45) is 0 Å². The monoisotopic (exact) mass is 365 g/mol. The summed E-state index contributed by atoms with van der Waals surface area (Å²) in [6.07, 6.45) is 0. The molecule has 2 aromatic heterocycles. The Morgan fingerprint density at radius 1 is 1.13 bits per heavy atom. The van der Waals surface area contributed by atoms with Crippen molar-refractivity contribution in [1.29, 1.82) is 0 Å². The summed E-state index contributed by atoms with van der Waals surface area (Å²) >= 11 is 13.0. The number of hydrogen-bond acceptors (Lipinski definition) is 4. The summed E-state index contributed by atoms with van der Waals surface area (Å²) in [6, 6.07) is 9.21. The van der Waals surface area contributed by atoms with Gasteiger partial charge in [0.05, 0.1) is 15.2 Å². The standard InChI is InChI=1S/C16H6Cl2FNO2S/c17-7-1-2-8-9(4-15(21)22-13(8)3-7)16-20-12-5-10(18)11(19)6-14(12)23-16/h1-6H. The highest BCUT2D eigenvalue weighted by Gasteiger charge is 2.14. The van der Waals surface area contributed by atoms with Gasteiger partial charge in [0, 0.05) is 28.1 Å². The molecular formula is C16H6Cl2FNO2S. The highest BCUT2D eigenvalue weighted by atomic mass is 35.5. The maximum Gasteiger partial charge on any atom is 0.336 e. The van der Waals surface area contributed by atoms with Gasteiger partial charge in [-0.15, -0.1) is 11.3 Å². The van der Waals surface area contributed by atoms with Crippen molar-refractivity contribution in [3.63, 3.8) is 0 Å². The fourth-order valence-corrected chi connectivity index (χ4v) is 3.67. The largest absolute Gasteiger partial charge is 0.423 e. The number of rotatable bonds is 1. The Labute approximate surface area is 142 Å². The zero-order valence-electron chi connectivity index (χ0n) is 11.3. The predicted octanol–water partition coefficient (Wildman–Crippen LogP) is 5.52. The van der Waals surface area contributed by atoms with E-state index in [1.54, 1.807) is 18.2 Å². The summed E-state index contributed by atoms with van der Waals surface area (Å²) in [4.78, 5) is 16.3. The van der Waals surface area contributed by atoms with E-state index < -0.39 is 11.4 Å². The lowest BCUT2D eigenvalue weighted by atomic mass is 10.1. The van der Waals surface area contributed by atoms with E-state index in [1.807, 2.05) is 0 Å². The molecule has 3 nitrogen and oxygen atoms in total. The van der Waals surface area contributed by atoms with E-state index >= 15 is 0 Å². The second-order valence-corrected chi connectivity index (χ2v) is 6.75. The second kappa shape index (κ2) is 5.30. The van der Waals surface area contributed by atoms with Crippen molar-refractivity contribution >= 4 is 55.7 Å². The van der Waals surface area contributed by atoms with Gasteiger partial charge in [-0.25, -0.2) is 14.2 Å². The third kappa shape index (κ3) is 2.51. The fourth-order valence-electron chi connectivity index (χ4n) is 2.35. The minimum absolute atomic E-state index is 0.0126. The summed E-state index contributed by atoms with van der Waals surface area (Å²) in [5.74, 6) is -0.501. The van der Waals surface area contributed by atoms with Crippen LogP contribution in [-0.2, 0) is 0 Å². The van der Waals surface area contributed by atoms with Gasteiger partial charge in [-0.3, -0.25) is 0 Å². The van der Waals surface area contributed by atoms with Crippen LogP contribution in [-0.4, -0.2) is 4.98 Å². The molecule has 0 fully saturated rings. The van der Waals surface area contributed by atoms with Crippen molar-refractivity contribution in [1.82, 2.24) is 4.98 Å². The van der Waals surface area contributed by atoms with Crippen LogP contribution < -0.4 is 5.63 Å². The number of aromatic nitrogens is 1. The molecule has 2 aromatic carbocycles. The number of fused-ring (bicyclic) bond motifs is 2. The van der Waals surface area contributed by atoms with Gasteiger partial charge in [0.1, 0.15) is 16.4 Å². The third-order valence-electron chi connectivity index (χ3n) is 3.37. The molecular weight excluding hydrogens is 360 g/mol. The molecule has 0 spiro atoms. The maximum atomic E-state index is 13.6. The normalized spacial score (nSPS) is 11.4. The SMILES string of the molecule is O=c1cc(-c2nc3cc(Cl)c(F)cc3s2)c2ccc(Cl)cc2o1. The van der Waals surface area contributed by atoms with Gasteiger partial charge in [-0.05, 0) is 24.3 Å². The molecule has 0 bridgehead atoms. The minimum atomic E-state index is -0.502. The first-order chi connectivity index (χ1) is 11.0. The number of hydrogen-bond donors (Lipinski definition) is 0. The van der Waals surface area contributed by atoms with E-state index in [4.69, 9.17) is 27.6 Å². The van der Waals surface area contributed by atoms with Crippen LogP contribution in [0.5, 0.6) is 0 Å². The molecule has 2 heterocycles. The molecule has 0 aliphatic heterocycles. The summed E-state index contributed by atoms with van der Waals surface area (Å²) < 4.78 is 19.4. The summed E-state index contributed by atoms with van der Waals surface area (Å²) in [5, 5.41) is 1.77. The van der Waals surface area contributed by atoms with Crippen LogP contribution in [0.1, 0.15) is 0 Å². The van der Waals surface area contributed by atoms with Crippen LogP contribution in [0.4, 0.5) is 4.39 Å². The van der Waals surface area contributed by atoms with Crippen LogP contribution in [0.15, 0.2) is 45.6 Å². The fraction of sp³-hybridized carbons (Fsp3) is 0. The van der Waals surface area contributed by atoms with Crippen LogP contribution >= 0.6 is 34.5 Å². The van der Waals surface area contributed by atoms with Gasteiger partial charge in [0.15, 0.2) is 0 Å². The summed E-state index contributed by atoms with van der Waals surface area (Å²) in [5.41, 5.74) is 1.07. The lowest BCUT2D eigenvalue weighted by Crippen LogP contribution is -1.97. The summed E-state index contributed by atoms with van der Waals surface area (Å²) in [7, 11) is 0. The van der Waals surface area contributed by atoms with Crippen LogP contribution in [0.2, 0.25) is 10.0 Å². The zero-order chi connectivity index (χ0) is 16.1. The Hall–Kier alpha value is -1.95. The first-order valence-electron chi connectivity index (χ1n) is 6.50. The molecule has 114 valence electrons. The molecule has 4 aromatic rings. The third-order valence-corrected chi connectivity index (χ3v) is 4.94. The smallest absolute Gasteiger partial charge is 0.336 e.